The molecular formula is C37H36N4O. The number of pyridine rings is 2. The van der Waals surface area contributed by atoms with Crippen LogP contribution in [0.3, 0.4) is 0 Å². The van der Waals surface area contributed by atoms with Crippen molar-refractivity contribution in [3.63, 3.8) is 0 Å². The summed E-state index contributed by atoms with van der Waals surface area (Å²) in [5.41, 5.74) is 7.93. The van der Waals surface area contributed by atoms with Gasteiger partial charge in [-0.05, 0) is 58.9 Å². The summed E-state index contributed by atoms with van der Waals surface area (Å²) in [7, 11) is 0. The third-order valence-corrected chi connectivity index (χ3v) is 7.70. The maximum absolute atomic E-state index is 11.5. The van der Waals surface area contributed by atoms with Gasteiger partial charge in [-0.1, -0.05) is 96.1 Å². The number of rotatable bonds is 4. The molecule has 42 heavy (non-hydrogen) atoms. The normalized spacial score (nSPS) is 12.1. The lowest BCUT2D eigenvalue weighted by Gasteiger charge is -2.27. The Kier molecular flexibility index (Phi) is 6.69. The van der Waals surface area contributed by atoms with Gasteiger partial charge in [0.25, 0.3) is 0 Å². The van der Waals surface area contributed by atoms with Crippen molar-refractivity contribution in [1.29, 1.82) is 0 Å². The zero-order valence-corrected chi connectivity index (χ0v) is 25.1. The topological polar surface area (TPSA) is 63.8 Å². The van der Waals surface area contributed by atoms with Gasteiger partial charge in [-0.3, -0.25) is 4.98 Å². The number of benzene rings is 3. The molecule has 0 aliphatic carbocycles. The smallest absolute Gasteiger partial charge is 0.154 e. The van der Waals surface area contributed by atoms with Crippen molar-refractivity contribution in [1.82, 2.24) is 19.7 Å². The molecule has 0 aliphatic rings. The van der Waals surface area contributed by atoms with Gasteiger partial charge in [0.15, 0.2) is 5.82 Å². The molecule has 5 heteroatoms. The minimum atomic E-state index is -0.234. The summed E-state index contributed by atoms with van der Waals surface area (Å²) in [4.78, 5) is 9.67. The third kappa shape index (κ3) is 5.07. The maximum atomic E-state index is 11.5. The molecule has 0 atom stereocenters. The number of hydrogen-bond donors (Lipinski definition) is 1. The first-order chi connectivity index (χ1) is 20.0. The summed E-state index contributed by atoms with van der Waals surface area (Å²) in [6.07, 6.45) is 1.81. The molecule has 3 aromatic carbocycles. The lowest BCUT2D eigenvalue weighted by Crippen LogP contribution is -2.17. The lowest BCUT2D eigenvalue weighted by molar-refractivity contribution is 0.446. The first-order valence-corrected chi connectivity index (χ1v) is 14.4. The molecular weight excluding hydrogens is 516 g/mol. The van der Waals surface area contributed by atoms with E-state index in [-0.39, 0.29) is 16.6 Å². The largest absolute Gasteiger partial charge is 0.507 e. The summed E-state index contributed by atoms with van der Waals surface area (Å²) in [6.45, 7) is 13.0. The van der Waals surface area contributed by atoms with Gasteiger partial charge in [0.1, 0.15) is 11.4 Å². The molecule has 3 heterocycles. The average molecular weight is 553 g/mol. The van der Waals surface area contributed by atoms with Crippen molar-refractivity contribution < 1.29 is 5.11 Å². The zero-order chi connectivity index (χ0) is 29.6. The maximum Gasteiger partial charge on any atom is 0.154 e. The highest BCUT2D eigenvalue weighted by molar-refractivity contribution is 5.96. The Bertz CT molecular complexity index is 1890. The first kappa shape index (κ1) is 27.4. The lowest BCUT2D eigenvalue weighted by atomic mass is 9.78. The van der Waals surface area contributed by atoms with Crippen LogP contribution < -0.4 is 0 Å². The Morgan fingerprint density at radius 1 is 0.667 bits per heavy atom. The highest BCUT2D eigenvalue weighted by atomic mass is 16.3. The van der Waals surface area contributed by atoms with Crippen molar-refractivity contribution in [3.8, 4) is 45.3 Å². The second-order valence-corrected chi connectivity index (χ2v) is 12.9. The molecule has 1 N–H and O–H groups in total. The van der Waals surface area contributed by atoms with E-state index in [0.717, 1.165) is 50.1 Å². The standard InChI is InChI=1S/C37H36N4O/c1-36(2,3)26-22-28(35(42)29(23-26)37(4,5)6)31-16-12-17-33(39-31)41-32-21-25(30-15-10-11-20-38-30)18-19-27(32)34(40-41)24-13-8-7-9-14-24/h7-23,42H,1-6H3. The van der Waals surface area contributed by atoms with Gasteiger partial charge in [-0.15, -0.1) is 0 Å². The van der Waals surface area contributed by atoms with Gasteiger partial charge in [0.2, 0.25) is 0 Å². The molecule has 0 radical (unpaired) electrons. The van der Waals surface area contributed by atoms with Crippen LogP contribution in [0, 0.1) is 0 Å². The molecule has 0 fully saturated rings. The number of fused-ring (bicyclic) bond motifs is 1. The molecule has 0 saturated carbocycles. The van der Waals surface area contributed by atoms with Crippen LogP contribution in [0.2, 0.25) is 0 Å². The van der Waals surface area contributed by atoms with E-state index >= 15 is 0 Å². The second kappa shape index (κ2) is 10.3. The predicted molar refractivity (Wildman–Crippen MR) is 172 cm³/mol. The zero-order valence-electron chi connectivity index (χ0n) is 25.1. The molecule has 3 aromatic heterocycles. The van der Waals surface area contributed by atoms with Gasteiger partial charge < -0.3 is 5.11 Å². The van der Waals surface area contributed by atoms with Gasteiger partial charge in [0, 0.05) is 33.8 Å². The minimum absolute atomic E-state index is 0.0926. The van der Waals surface area contributed by atoms with E-state index in [1.54, 1.807) is 6.20 Å². The minimum Gasteiger partial charge on any atom is -0.507 e. The fourth-order valence-corrected chi connectivity index (χ4v) is 5.32. The van der Waals surface area contributed by atoms with E-state index in [2.05, 4.69) is 89.0 Å². The Morgan fingerprint density at radius 3 is 2.10 bits per heavy atom. The van der Waals surface area contributed by atoms with Crippen LogP contribution in [0.4, 0.5) is 0 Å². The van der Waals surface area contributed by atoms with Gasteiger partial charge in [0.05, 0.1) is 16.9 Å². The molecule has 0 bridgehead atoms. The second-order valence-electron chi connectivity index (χ2n) is 12.9. The SMILES string of the molecule is CC(C)(C)c1cc(-c2cccc(-n3nc(-c4ccccc4)c4ccc(-c5ccccn5)cc43)n2)c(O)c(C(C)(C)C)c1. The molecule has 6 aromatic rings. The molecule has 6 rings (SSSR count). The molecule has 0 unspecified atom stereocenters. The molecule has 210 valence electrons. The monoisotopic (exact) mass is 552 g/mol. The van der Waals surface area contributed by atoms with Gasteiger partial charge in [-0.25, -0.2) is 9.67 Å². The van der Waals surface area contributed by atoms with Crippen LogP contribution in [0.5, 0.6) is 5.75 Å². The molecule has 0 amide bonds. The van der Waals surface area contributed by atoms with Crippen LogP contribution in [0.15, 0.2) is 103 Å². The predicted octanol–water partition coefficient (Wildman–Crippen LogP) is 9.12. The first-order valence-electron chi connectivity index (χ1n) is 14.4. The summed E-state index contributed by atoms with van der Waals surface area (Å²) in [5, 5.41) is 17.7. The number of aromatic hydroxyl groups is 1. The molecule has 0 aliphatic heterocycles. The van der Waals surface area contributed by atoms with Gasteiger partial charge in [-0.2, -0.15) is 5.10 Å². The summed E-state index contributed by atoms with van der Waals surface area (Å²) < 4.78 is 1.91. The number of phenolic OH excluding ortho intramolecular Hbond substituents is 1. The quantitative estimate of drug-likeness (QED) is 0.237. The Morgan fingerprint density at radius 2 is 1.40 bits per heavy atom. The number of phenols is 1. The van der Waals surface area contributed by atoms with E-state index in [1.165, 1.54) is 0 Å². The summed E-state index contributed by atoms with van der Waals surface area (Å²) in [6, 6.07) is 32.6. The van der Waals surface area contributed by atoms with E-state index < -0.39 is 0 Å². The molecule has 0 saturated heterocycles. The van der Waals surface area contributed by atoms with E-state index in [4.69, 9.17) is 10.1 Å². The van der Waals surface area contributed by atoms with E-state index in [9.17, 15) is 5.11 Å². The number of hydrogen-bond acceptors (Lipinski definition) is 4. The molecule has 0 spiro atoms. The van der Waals surface area contributed by atoms with E-state index in [1.807, 2.05) is 59.3 Å². The van der Waals surface area contributed by atoms with Crippen molar-refractivity contribution in [2.24, 2.45) is 0 Å². The summed E-state index contributed by atoms with van der Waals surface area (Å²) in [5.74, 6) is 0.948. The number of aromatic nitrogens is 4. The van der Waals surface area contributed by atoms with Crippen molar-refractivity contribution >= 4 is 10.9 Å². The Hall–Kier alpha value is -4.77. The highest BCUT2D eigenvalue weighted by Gasteiger charge is 2.26. The van der Waals surface area contributed by atoms with Crippen LogP contribution in [-0.4, -0.2) is 24.9 Å². The van der Waals surface area contributed by atoms with Crippen molar-refractivity contribution in [3.05, 3.63) is 114 Å². The summed E-state index contributed by atoms with van der Waals surface area (Å²) >= 11 is 0. The number of nitrogens with zero attached hydrogens (tertiary/aromatic N) is 4. The fraction of sp³-hybridized carbons (Fsp3) is 0.216. The molecule has 5 nitrogen and oxygen atoms in total. The Labute approximate surface area is 247 Å². The average Bonchev–Trinajstić information content (AvgIpc) is 3.36. The third-order valence-electron chi connectivity index (χ3n) is 7.70. The highest BCUT2D eigenvalue weighted by Crippen LogP contribution is 2.42. The van der Waals surface area contributed by atoms with Gasteiger partial charge >= 0.3 is 0 Å². The van der Waals surface area contributed by atoms with Crippen LogP contribution in [0.1, 0.15) is 52.7 Å². The van der Waals surface area contributed by atoms with Crippen molar-refractivity contribution in [2.45, 2.75) is 52.4 Å². The van der Waals surface area contributed by atoms with Crippen LogP contribution in [0.25, 0.3) is 50.5 Å². The van der Waals surface area contributed by atoms with E-state index in [0.29, 0.717) is 11.5 Å². The van der Waals surface area contributed by atoms with Crippen LogP contribution in [-0.2, 0) is 10.8 Å². The Balaban J connectivity index is 1.57. The van der Waals surface area contributed by atoms with Crippen LogP contribution >= 0.6 is 0 Å². The fourth-order valence-electron chi connectivity index (χ4n) is 5.32. The van der Waals surface area contributed by atoms with Crippen molar-refractivity contribution in [2.75, 3.05) is 0 Å².